The number of thiophene rings is 1. The van der Waals surface area contributed by atoms with E-state index < -0.39 is 5.91 Å². The number of rotatable bonds is 3. The molecule has 0 aromatic carbocycles. The number of aromatic nitrogens is 2. The van der Waals surface area contributed by atoms with Crippen molar-refractivity contribution < 1.29 is 9.59 Å². The Morgan fingerprint density at radius 3 is 2.94 bits per heavy atom. The first-order valence-electron chi connectivity index (χ1n) is 4.36. The molecule has 6 nitrogen and oxygen atoms in total. The fourth-order valence-electron chi connectivity index (χ4n) is 1.15. The Kier molecular flexibility index (Phi) is 2.69. The van der Waals surface area contributed by atoms with Gasteiger partial charge in [-0.1, -0.05) is 6.07 Å². The number of hydrogen-bond acceptors (Lipinski definition) is 4. The summed E-state index contributed by atoms with van der Waals surface area (Å²) in [5.41, 5.74) is 5.26. The zero-order chi connectivity index (χ0) is 11.5. The second kappa shape index (κ2) is 4.15. The van der Waals surface area contributed by atoms with Crippen molar-refractivity contribution in [3.05, 3.63) is 34.2 Å². The van der Waals surface area contributed by atoms with Gasteiger partial charge in [0, 0.05) is 0 Å². The number of amides is 2. The molecule has 0 unspecified atom stereocenters. The molecule has 16 heavy (non-hydrogen) atoms. The molecule has 2 aromatic heterocycles. The van der Waals surface area contributed by atoms with Crippen LogP contribution in [0.4, 0.5) is 5.82 Å². The Morgan fingerprint density at radius 2 is 2.31 bits per heavy atom. The van der Waals surface area contributed by atoms with Gasteiger partial charge in [-0.05, 0) is 11.4 Å². The molecule has 0 aliphatic heterocycles. The van der Waals surface area contributed by atoms with E-state index in [1.54, 1.807) is 17.5 Å². The summed E-state index contributed by atoms with van der Waals surface area (Å²) in [6.45, 7) is 0. The molecule has 0 atom stereocenters. The number of carbonyl (C=O) groups excluding carboxylic acids is 2. The average Bonchev–Trinajstić information content (AvgIpc) is 2.86. The van der Waals surface area contributed by atoms with E-state index in [1.165, 1.54) is 17.5 Å². The largest absolute Gasteiger partial charge is 0.365 e. The van der Waals surface area contributed by atoms with Crippen LogP contribution >= 0.6 is 11.3 Å². The van der Waals surface area contributed by atoms with Crippen molar-refractivity contribution in [1.82, 2.24) is 10.2 Å². The Bertz CT molecular complexity index is 517. The van der Waals surface area contributed by atoms with Crippen molar-refractivity contribution >= 4 is 29.0 Å². The van der Waals surface area contributed by atoms with Crippen LogP contribution in [0.25, 0.3) is 0 Å². The van der Waals surface area contributed by atoms with E-state index in [-0.39, 0.29) is 17.3 Å². The highest BCUT2D eigenvalue weighted by Gasteiger charge is 2.14. The lowest BCUT2D eigenvalue weighted by Gasteiger charge is -2.01. The molecule has 0 spiro atoms. The van der Waals surface area contributed by atoms with Crippen LogP contribution in [0.5, 0.6) is 0 Å². The number of hydrogen-bond donors (Lipinski definition) is 3. The summed E-state index contributed by atoms with van der Waals surface area (Å²) in [4.78, 5) is 23.2. The molecule has 7 heteroatoms. The lowest BCUT2D eigenvalue weighted by atomic mass is 10.3. The molecule has 2 amide bonds. The fraction of sp³-hybridized carbons (Fsp3) is 0. The molecule has 4 N–H and O–H groups in total. The predicted octanol–water partition coefficient (Wildman–Crippen LogP) is 0.822. The molecule has 0 saturated carbocycles. The minimum absolute atomic E-state index is 0.157. The van der Waals surface area contributed by atoms with Gasteiger partial charge in [0.15, 0.2) is 0 Å². The Labute approximate surface area is 94.5 Å². The van der Waals surface area contributed by atoms with Crippen LogP contribution < -0.4 is 11.1 Å². The van der Waals surface area contributed by atoms with E-state index in [1.807, 2.05) is 0 Å². The first-order chi connectivity index (χ1) is 7.68. The molecule has 82 valence electrons. The van der Waals surface area contributed by atoms with Crippen molar-refractivity contribution in [3.63, 3.8) is 0 Å². The summed E-state index contributed by atoms with van der Waals surface area (Å²) in [7, 11) is 0. The van der Waals surface area contributed by atoms with Gasteiger partial charge in [-0.2, -0.15) is 5.10 Å². The number of primary amides is 1. The quantitative estimate of drug-likeness (QED) is 0.735. The van der Waals surface area contributed by atoms with Crippen LogP contribution in [-0.4, -0.2) is 22.0 Å². The lowest BCUT2D eigenvalue weighted by Crippen LogP contribution is -2.16. The van der Waals surface area contributed by atoms with E-state index in [2.05, 4.69) is 15.5 Å². The second-order valence-electron chi connectivity index (χ2n) is 2.95. The van der Waals surface area contributed by atoms with Crippen molar-refractivity contribution in [2.45, 2.75) is 0 Å². The first kappa shape index (κ1) is 10.4. The molecule has 2 rings (SSSR count). The number of carbonyl (C=O) groups is 2. The van der Waals surface area contributed by atoms with Gasteiger partial charge in [0.25, 0.3) is 11.8 Å². The summed E-state index contributed by atoms with van der Waals surface area (Å²) in [6, 6.07) is 3.45. The number of anilines is 1. The predicted molar refractivity (Wildman–Crippen MR) is 59.4 cm³/mol. The zero-order valence-electron chi connectivity index (χ0n) is 8.06. The number of nitrogens with one attached hydrogen (secondary N) is 2. The summed E-state index contributed by atoms with van der Waals surface area (Å²) < 4.78 is 0. The van der Waals surface area contributed by atoms with Crippen LogP contribution in [0, 0.1) is 0 Å². The van der Waals surface area contributed by atoms with Gasteiger partial charge in [-0.25, -0.2) is 0 Å². The number of aromatic amines is 1. The number of nitrogens with zero attached hydrogens (tertiary/aromatic N) is 1. The molecule has 0 aliphatic carbocycles. The van der Waals surface area contributed by atoms with E-state index >= 15 is 0 Å². The summed E-state index contributed by atoms with van der Waals surface area (Å²) in [6.07, 6.45) is 1.27. The van der Waals surface area contributed by atoms with E-state index in [9.17, 15) is 9.59 Å². The Hall–Kier alpha value is -2.15. The van der Waals surface area contributed by atoms with Gasteiger partial charge < -0.3 is 11.1 Å². The Morgan fingerprint density at radius 1 is 1.50 bits per heavy atom. The highest BCUT2D eigenvalue weighted by atomic mass is 32.1. The molecule has 0 aliphatic rings. The molecule has 0 fully saturated rings. The van der Waals surface area contributed by atoms with Gasteiger partial charge in [0.1, 0.15) is 11.4 Å². The normalized spacial score (nSPS) is 10.0. The number of nitrogens with two attached hydrogens (primary N) is 1. The van der Waals surface area contributed by atoms with Crippen molar-refractivity contribution in [3.8, 4) is 0 Å². The van der Waals surface area contributed by atoms with Crippen LogP contribution in [0.3, 0.4) is 0 Å². The molecule has 0 bridgehead atoms. The van der Waals surface area contributed by atoms with E-state index in [4.69, 9.17) is 5.73 Å². The minimum atomic E-state index is -0.643. The first-order valence-corrected chi connectivity index (χ1v) is 5.24. The summed E-state index contributed by atoms with van der Waals surface area (Å²) in [5.74, 6) is -0.733. The summed E-state index contributed by atoms with van der Waals surface area (Å²) >= 11 is 1.30. The monoisotopic (exact) mass is 236 g/mol. The maximum atomic E-state index is 11.6. The smallest absolute Gasteiger partial charge is 0.266 e. The number of H-pyrrole nitrogens is 1. The van der Waals surface area contributed by atoms with Crippen LogP contribution in [0.1, 0.15) is 20.0 Å². The van der Waals surface area contributed by atoms with Crippen molar-refractivity contribution in [2.24, 2.45) is 5.73 Å². The van der Waals surface area contributed by atoms with Gasteiger partial charge in [0.05, 0.1) is 11.1 Å². The fourth-order valence-corrected chi connectivity index (χ4v) is 1.77. The standard InChI is InChI=1S/C9H8N4O2S/c10-7(14)5-4-11-13-8(5)12-9(15)6-2-1-3-16-6/h1-4H,(H2,10,14)(H2,11,12,13,15). The average molecular weight is 236 g/mol. The van der Waals surface area contributed by atoms with E-state index in [0.717, 1.165) is 0 Å². The lowest BCUT2D eigenvalue weighted by molar-refractivity contribution is 0.100. The third-order valence-corrected chi connectivity index (χ3v) is 2.76. The van der Waals surface area contributed by atoms with E-state index in [0.29, 0.717) is 4.88 Å². The molecule has 2 heterocycles. The van der Waals surface area contributed by atoms with Crippen LogP contribution in [0.2, 0.25) is 0 Å². The Balaban J connectivity index is 2.18. The zero-order valence-corrected chi connectivity index (χ0v) is 8.88. The maximum Gasteiger partial charge on any atom is 0.266 e. The molecular formula is C9H8N4O2S. The molecule has 0 radical (unpaired) electrons. The second-order valence-corrected chi connectivity index (χ2v) is 3.90. The molecule has 2 aromatic rings. The highest BCUT2D eigenvalue weighted by molar-refractivity contribution is 7.12. The van der Waals surface area contributed by atoms with Gasteiger partial charge in [-0.3, -0.25) is 14.7 Å². The molecule has 0 saturated heterocycles. The van der Waals surface area contributed by atoms with Crippen LogP contribution in [0.15, 0.2) is 23.7 Å². The molecular weight excluding hydrogens is 228 g/mol. The SMILES string of the molecule is NC(=O)c1cn[nH]c1NC(=O)c1cccs1. The maximum absolute atomic E-state index is 11.6. The van der Waals surface area contributed by atoms with Gasteiger partial charge in [-0.15, -0.1) is 11.3 Å². The van der Waals surface area contributed by atoms with Crippen molar-refractivity contribution in [1.29, 1.82) is 0 Å². The minimum Gasteiger partial charge on any atom is -0.365 e. The highest BCUT2D eigenvalue weighted by Crippen LogP contribution is 2.14. The van der Waals surface area contributed by atoms with Crippen molar-refractivity contribution in [2.75, 3.05) is 5.32 Å². The topological polar surface area (TPSA) is 101 Å². The summed E-state index contributed by atoms with van der Waals surface area (Å²) in [5, 5.41) is 10.5. The van der Waals surface area contributed by atoms with Gasteiger partial charge in [0.2, 0.25) is 0 Å². The third-order valence-electron chi connectivity index (χ3n) is 1.89. The third kappa shape index (κ3) is 1.94. The van der Waals surface area contributed by atoms with Crippen LogP contribution in [-0.2, 0) is 0 Å². The van der Waals surface area contributed by atoms with Gasteiger partial charge >= 0.3 is 0 Å².